The van der Waals surface area contributed by atoms with Gasteiger partial charge in [0.25, 0.3) is 0 Å². The van der Waals surface area contributed by atoms with Crippen LogP contribution in [0.2, 0.25) is 5.02 Å². The number of nitrogens with two attached hydrogens (primary N) is 1. The molecule has 0 spiro atoms. The van der Waals surface area contributed by atoms with E-state index in [9.17, 15) is 0 Å². The second-order valence-corrected chi connectivity index (χ2v) is 5.86. The van der Waals surface area contributed by atoms with Crippen molar-refractivity contribution in [1.82, 2.24) is 0 Å². The molecule has 0 radical (unpaired) electrons. The average Bonchev–Trinajstić information content (AvgIpc) is 3.19. The molecule has 3 N–H and O–H groups in total. The van der Waals surface area contributed by atoms with Crippen LogP contribution in [0.3, 0.4) is 0 Å². The summed E-state index contributed by atoms with van der Waals surface area (Å²) in [7, 11) is 0. The van der Waals surface area contributed by atoms with Gasteiger partial charge in [0.2, 0.25) is 0 Å². The second kappa shape index (κ2) is 5.70. The van der Waals surface area contributed by atoms with E-state index < -0.39 is 0 Å². The van der Waals surface area contributed by atoms with Crippen LogP contribution in [0.5, 0.6) is 0 Å². The minimum absolute atomic E-state index is 0.104. The summed E-state index contributed by atoms with van der Waals surface area (Å²) in [4.78, 5) is 2.34. The molecular formula is C14H20ClN3O. The van der Waals surface area contributed by atoms with Crippen LogP contribution in [-0.2, 0) is 0 Å². The van der Waals surface area contributed by atoms with E-state index in [1.54, 1.807) is 6.07 Å². The predicted molar refractivity (Wildman–Crippen MR) is 79.2 cm³/mol. The molecule has 0 heterocycles. The fourth-order valence-electron chi connectivity index (χ4n) is 2.24. The molecule has 1 saturated carbocycles. The first-order valence-electron chi connectivity index (χ1n) is 6.57. The number of benzene rings is 1. The van der Waals surface area contributed by atoms with Crippen LogP contribution in [0.15, 0.2) is 23.4 Å². The third kappa shape index (κ3) is 3.32. The van der Waals surface area contributed by atoms with E-state index in [1.807, 2.05) is 12.1 Å². The van der Waals surface area contributed by atoms with E-state index in [4.69, 9.17) is 22.5 Å². The average molecular weight is 282 g/mol. The molecule has 1 aromatic rings. The van der Waals surface area contributed by atoms with Crippen molar-refractivity contribution in [3.63, 3.8) is 0 Å². The van der Waals surface area contributed by atoms with Crippen molar-refractivity contribution >= 4 is 23.1 Å². The van der Waals surface area contributed by atoms with Gasteiger partial charge in [0.05, 0.1) is 0 Å². The Balaban J connectivity index is 2.40. The molecule has 1 aromatic carbocycles. The molecule has 5 heteroatoms. The van der Waals surface area contributed by atoms with E-state index in [-0.39, 0.29) is 5.84 Å². The zero-order valence-corrected chi connectivity index (χ0v) is 12.1. The highest BCUT2D eigenvalue weighted by atomic mass is 35.5. The van der Waals surface area contributed by atoms with Crippen LogP contribution in [0.1, 0.15) is 32.3 Å². The molecule has 0 saturated heterocycles. The fraction of sp³-hybridized carbons (Fsp3) is 0.500. The summed E-state index contributed by atoms with van der Waals surface area (Å²) >= 11 is 6.01. The van der Waals surface area contributed by atoms with Crippen molar-refractivity contribution < 1.29 is 5.21 Å². The number of halogens is 1. The van der Waals surface area contributed by atoms with E-state index in [1.165, 1.54) is 12.8 Å². The summed E-state index contributed by atoms with van der Waals surface area (Å²) in [6.07, 6.45) is 2.40. The number of rotatable bonds is 5. The summed E-state index contributed by atoms with van der Waals surface area (Å²) in [6, 6.07) is 6.12. The Hall–Kier alpha value is -1.42. The standard InChI is InChI=1S/C14H20ClN3O/c1-9(2)8-18(11-4-5-11)13-6-3-10(15)7-12(13)14(16)17-19/h3,6-7,9,11,19H,4-5,8H2,1-2H3,(H2,16,17). The van der Waals surface area contributed by atoms with Crippen LogP contribution in [0.25, 0.3) is 0 Å². The quantitative estimate of drug-likeness (QED) is 0.377. The van der Waals surface area contributed by atoms with Gasteiger partial charge in [0.1, 0.15) is 0 Å². The van der Waals surface area contributed by atoms with Crippen molar-refractivity contribution in [2.24, 2.45) is 16.8 Å². The molecule has 1 aliphatic rings. The Morgan fingerprint density at radius 2 is 2.21 bits per heavy atom. The van der Waals surface area contributed by atoms with Gasteiger partial charge in [-0.3, -0.25) is 0 Å². The van der Waals surface area contributed by atoms with Gasteiger partial charge in [0.15, 0.2) is 5.84 Å². The maximum atomic E-state index is 8.92. The Morgan fingerprint density at radius 3 is 2.74 bits per heavy atom. The lowest BCUT2D eigenvalue weighted by Gasteiger charge is -2.28. The molecule has 0 amide bonds. The summed E-state index contributed by atoms with van der Waals surface area (Å²) < 4.78 is 0. The molecule has 1 fully saturated rings. The molecule has 4 nitrogen and oxygen atoms in total. The Bertz CT molecular complexity index is 484. The molecule has 0 atom stereocenters. The summed E-state index contributed by atoms with van der Waals surface area (Å²) in [5.74, 6) is 0.656. The number of amidine groups is 1. The predicted octanol–water partition coefficient (Wildman–Crippen LogP) is 3.06. The molecule has 104 valence electrons. The lowest BCUT2D eigenvalue weighted by Crippen LogP contribution is -2.32. The minimum Gasteiger partial charge on any atom is -0.409 e. The van der Waals surface area contributed by atoms with E-state index >= 15 is 0 Å². The van der Waals surface area contributed by atoms with Gasteiger partial charge in [-0.1, -0.05) is 30.6 Å². The number of hydrogen-bond donors (Lipinski definition) is 2. The van der Waals surface area contributed by atoms with Crippen molar-refractivity contribution in [3.05, 3.63) is 28.8 Å². The van der Waals surface area contributed by atoms with Gasteiger partial charge >= 0.3 is 0 Å². The third-order valence-corrected chi connectivity index (χ3v) is 3.44. The molecule has 2 rings (SSSR count). The number of hydrogen-bond acceptors (Lipinski definition) is 3. The normalized spacial score (nSPS) is 15.9. The third-order valence-electron chi connectivity index (χ3n) is 3.20. The molecular weight excluding hydrogens is 262 g/mol. The highest BCUT2D eigenvalue weighted by Crippen LogP contribution is 2.35. The summed E-state index contributed by atoms with van der Waals surface area (Å²) in [6.45, 7) is 5.33. The van der Waals surface area contributed by atoms with Crippen LogP contribution in [0, 0.1) is 5.92 Å². The zero-order chi connectivity index (χ0) is 14.0. The first-order chi connectivity index (χ1) is 9.02. The monoisotopic (exact) mass is 281 g/mol. The van der Waals surface area contributed by atoms with Gasteiger partial charge in [0, 0.05) is 28.9 Å². The largest absolute Gasteiger partial charge is 0.409 e. The molecule has 0 aliphatic heterocycles. The second-order valence-electron chi connectivity index (χ2n) is 5.42. The van der Waals surface area contributed by atoms with Crippen LogP contribution in [-0.4, -0.2) is 23.6 Å². The lowest BCUT2D eigenvalue weighted by atomic mass is 10.1. The first-order valence-corrected chi connectivity index (χ1v) is 6.94. The first kappa shape index (κ1) is 14.0. The van der Waals surface area contributed by atoms with Gasteiger partial charge in [-0.05, 0) is 37.0 Å². The SMILES string of the molecule is CC(C)CN(c1ccc(Cl)cc1C(N)=NO)C1CC1. The Morgan fingerprint density at radius 1 is 1.53 bits per heavy atom. The maximum Gasteiger partial charge on any atom is 0.172 e. The highest BCUT2D eigenvalue weighted by molar-refractivity contribution is 6.31. The summed E-state index contributed by atoms with van der Waals surface area (Å²) in [5, 5.41) is 12.6. The lowest BCUT2D eigenvalue weighted by molar-refractivity contribution is 0.318. The van der Waals surface area contributed by atoms with Crippen LogP contribution < -0.4 is 10.6 Å². The summed E-state index contributed by atoms with van der Waals surface area (Å²) in [5.41, 5.74) is 7.46. The van der Waals surface area contributed by atoms with Gasteiger partial charge in [-0.15, -0.1) is 0 Å². The van der Waals surface area contributed by atoms with Crippen molar-refractivity contribution in [2.75, 3.05) is 11.4 Å². The molecule has 0 aromatic heterocycles. The fourth-order valence-corrected chi connectivity index (χ4v) is 2.41. The topological polar surface area (TPSA) is 61.8 Å². The number of oxime groups is 1. The molecule has 19 heavy (non-hydrogen) atoms. The molecule has 1 aliphatic carbocycles. The van der Waals surface area contributed by atoms with E-state index in [0.29, 0.717) is 22.5 Å². The van der Waals surface area contributed by atoms with Gasteiger partial charge < -0.3 is 15.8 Å². The van der Waals surface area contributed by atoms with Gasteiger partial charge in [-0.25, -0.2) is 0 Å². The van der Waals surface area contributed by atoms with Crippen LogP contribution in [0.4, 0.5) is 5.69 Å². The van der Waals surface area contributed by atoms with Gasteiger partial charge in [-0.2, -0.15) is 0 Å². The van der Waals surface area contributed by atoms with E-state index in [2.05, 4.69) is 23.9 Å². The molecule has 0 bridgehead atoms. The van der Waals surface area contributed by atoms with E-state index in [0.717, 1.165) is 12.2 Å². The van der Waals surface area contributed by atoms with Crippen molar-refractivity contribution in [1.29, 1.82) is 0 Å². The minimum atomic E-state index is 0.104. The molecule has 0 unspecified atom stereocenters. The number of nitrogens with zero attached hydrogens (tertiary/aromatic N) is 2. The highest BCUT2D eigenvalue weighted by Gasteiger charge is 2.31. The van der Waals surface area contributed by atoms with Crippen molar-refractivity contribution in [3.8, 4) is 0 Å². The van der Waals surface area contributed by atoms with Crippen molar-refractivity contribution in [2.45, 2.75) is 32.7 Å². The maximum absolute atomic E-state index is 8.92. The Labute approximate surface area is 118 Å². The number of anilines is 1. The van der Waals surface area contributed by atoms with Crippen LogP contribution >= 0.6 is 11.6 Å². The zero-order valence-electron chi connectivity index (χ0n) is 11.3. The Kier molecular flexibility index (Phi) is 4.20. The smallest absolute Gasteiger partial charge is 0.172 e.